The van der Waals surface area contributed by atoms with Gasteiger partial charge in [-0.3, -0.25) is 4.98 Å². The first-order valence-electron chi connectivity index (χ1n) is 8.09. The van der Waals surface area contributed by atoms with E-state index in [4.69, 9.17) is 0 Å². The molecule has 3 heterocycles. The molecule has 0 amide bonds. The summed E-state index contributed by atoms with van der Waals surface area (Å²) in [5.74, 6) is 0.932. The van der Waals surface area contributed by atoms with Crippen molar-refractivity contribution in [1.29, 1.82) is 5.26 Å². The third-order valence-electron chi connectivity index (χ3n) is 4.87. The number of piperidine rings is 1. The summed E-state index contributed by atoms with van der Waals surface area (Å²) in [6.45, 7) is 1.60. The van der Waals surface area contributed by atoms with Crippen LogP contribution in [-0.2, 0) is 5.41 Å². The zero-order chi connectivity index (χ0) is 16.4. The molecule has 1 saturated heterocycles. The van der Waals surface area contributed by atoms with Gasteiger partial charge in [-0.15, -0.1) is 0 Å². The largest absolute Gasteiger partial charge is 0.356 e. The zero-order valence-corrected chi connectivity index (χ0v) is 13.3. The number of nitrogens with zero attached hydrogens (tertiary/aromatic N) is 5. The molecule has 5 nitrogen and oxygen atoms in total. The Morgan fingerprint density at radius 1 is 1.04 bits per heavy atom. The van der Waals surface area contributed by atoms with Gasteiger partial charge < -0.3 is 4.90 Å². The lowest BCUT2D eigenvalue weighted by Gasteiger charge is -2.38. The first-order chi connectivity index (χ1) is 11.8. The predicted octanol–water partition coefficient (Wildman–Crippen LogP) is 3.09. The van der Waals surface area contributed by atoms with Gasteiger partial charge in [-0.1, -0.05) is 30.3 Å². The number of aromatic nitrogens is 3. The topological polar surface area (TPSA) is 65.7 Å². The van der Waals surface area contributed by atoms with E-state index in [0.717, 1.165) is 48.2 Å². The third-order valence-corrected chi connectivity index (χ3v) is 4.87. The fourth-order valence-corrected chi connectivity index (χ4v) is 3.47. The van der Waals surface area contributed by atoms with E-state index in [2.05, 4.69) is 38.1 Å². The van der Waals surface area contributed by atoms with Gasteiger partial charge in [0.2, 0.25) is 0 Å². The summed E-state index contributed by atoms with van der Waals surface area (Å²) in [6, 6.07) is 14.6. The van der Waals surface area contributed by atoms with E-state index in [1.807, 2.05) is 24.3 Å². The molecule has 0 saturated carbocycles. The average molecular weight is 315 g/mol. The van der Waals surface area contributed by atoms with Crippen molar-refractivity contribution in [2.45, 2.75) is 18.3 Å². The Bertz CT molecular complexity index is 887. The Hall–Kier alpha value is -3.00. The second-order valence-corrected chi connectivity index (χ2v) is 6.14. The normalized spacial score (nSPS) is 16.7. The molecule has 0 bridgehead atoms. The minimum Gasteiger partial charge on any atom is -0.356 e. The first-order valence-corrected chi connectivity index (χ1v) is 8.09. The lowest BCUT2D eigenvalue weighted by atomic mass is 9.74. The maximum atomic E-state index is 9.82. The molecule has 0 radical (unpaired) electrons. The van der Waals surface area contributed by atoms with Crippen molar-refractivity contribution in [2.75, 3.05) is 18.0 Å². The molecule has 1 aromatic carbocycles. The van der Waals surface area contributed by atoms with E-state index < -0.39 is 5.41 Å². The molecule has 24 heavy (non-hydrogen) atoms. The van der Waals surface area contributed by atoms with E-state index in [-0.39, 0.29) is 0 Å². The molecule has 0 atom stereocenters. The maximum absolute atomic E-state index is 9.82. The fourth-order valence-electron chi connectivity index (χ4n) is 3.47. The molecule has 1 aliphatic rings. The van der Waals surface area contributed by atoms with Gasteiger partial charge in [0, 0.05) is 24.7 Å². The Labute approximate surface area is 140 Å². The minimum absolute atomic E-state index is 0.401. The number of benzene rings is 1. The monoisotopic (exact) mass is 315 g/mol. The second kappa shape index (κ2) is 5.89. The smallest absolute Gasteiger partial charge is 0.139 e. The molecular formula is C19H17N5. The highest BCUT2D eigenvalue weighted by Crippen LogP contribution is 2.36. The highest BCUT2D eigenvalue weighted by molar-refractivity contribution is 5.88. The lowest BCUT2D eigenvalue weighted by Crippen LogP contribution is -2.42. The quantitative estimate of drug-likeness (QED) is 0.727. The number of anilines is 1. The van der Waals surface area contributed by atoms with Crippen LogP contribution in [0.5, 0.6) is 0 Å². The number of pyridine rings is 1. The van der Waals surface area contributed by atoms with Gasteiger partial charge in [0.05, 0.1) is 23.2 Å². The average Bonchev–Trinajstić information content (AvgIpc) is 2.68. The summed E-state index contributed by atoms with van der Waals surface area (Å²) in [7, 11) is 0. The van der Waals surface area contributed by atoms with Gasteiger partial charge in [0.25, 0.3) is 0 Å². The van der Waals surface area contributed by atoms with Gasteiger partial charge in [0.15, 0.2) is 0 Å². The van der Waals surface area contributed by atoms with Crippen LogP contribution in [-0.4, -0.2) is 28.0 Å². The molecule has 1 fully saturated rings. The van der Waals surface area contributed by atoms with E-state index in [9.17, 15) is 5.26 Å². The third kappa shape index (κ3) is 2.37. The predicted molar refractivity (Wildman–Crippen MR) is 92.5 cm³/mol. The Morgan fingerprint density at radius 2 is 1.83 bits per heavy atom. The van der Waals surface area contributed by atoms with Crippen LogP contribution in [0.1, 0.15) is 18.4 Å². The van der Waals surface area contributed by atoms with Gasteiger partial charge in [-0.05, 0) is 24.5 Å². The van der Waals surface area contributed by atoms with Gasteiger partial charge >= 0.3 is 0 Å². The van der Waals surface area contributed by atoms with E-state index in [0.29, 0.717) is 0 Å². The summed E-state index contributed by atoms with van der Waals surface area (Å²) in [5.41, 5.74) is 1.56. The molecular weight excluding hydrogens is 298 g/mol. The molecule has 5 heteroatoms. The van der Waals surface area contributed by atoms with Gasteiger partial charge in [-0.2, -0.15) is 5.26 Å². The van der Waals surface area contributed by atoms with Crippen LogP contribution in [0.2, 0.25) is 0 Å². The highest BCUT2D eigenvalue weighted by atomic mass is 15.2. The van der Waals surface area contributed by atoms with E-state index in [1.54, 1.807) is 18.7 Å². The van der Waals surface area contributed by atoms with Crippen molar-refractivity contribution in [3.05, 3.63) is 60.7 Å². The van der Waals surface area contributed by atoms with Gasteiger partial charge in [0.1, 0.15) is 12.1 Å². The molecule has 0 spiro atoms. The van der Waals surface area contributed by atoms with E-state index >= 15 is 0 Å². The molecule has 2 aromatic heterocycles. The molecule has 0 unspecified atom stereocenters. The highest BCUT2D eigenvalue weighted by Gasteiger charge is 2.37. The second-order valence-electron chi connectivity index (χ2n) is 6.14. The summed E-state index contributed by atoms with van der Waals surface area (Å²) in [5, 5.41) is 10.8. The molecule has 3 aromatic rings. The Morgan fingerprint density at radius 3 is 2.58 bits per heavy atom. The van der Waals surface area contributed by atoms with Crippen LogP contribution < -0.4 is 4.90 Å². The molecule has 4 rings (SSSR count). The van der Waals surface area contributed by atoms with E-state index in [1.165, 1.54) is 0 Å². The lowest BCUT2D eigenvalue weighted by molar-refractivity contribution is 0.414. The van der Waals surface area contributed by atoms with Gasteiger partial charge in [-0.25, -0.2) is 9.97 Å². The van der Waals surface area contributed by atoms with Crippen molar-refractivity contribution in [2.24, 2.45) is 0 Å². The Kier molecular flexibility index (Phi) is 3.58. The van der Waals surface area contributed by atoms with Crippen LogP contribution in [0.3, 0.4) is 0 Å². The number of hydrogen-bond donors (Lipinski definition) is 0. The van der Waals surface area contributed by atoms with Crippen molar-refractivity contribution in [1.82, 2.24) is 15.0 Å². The summed E-state index contributed by atoms with van der Waals surface area (Å²) >= 11 is 0. The molecule has 118 valence electrons. The maximum Gasteiger partial charge on any atom is 0.139 e. The zero-order valence-electron chi connectivity index (χ0n) is 13.3. The van der Waals surface area contributed by atoms with Crippen molar-refractivity contribution in [3.8, 4) is 6.07 Å². The number of nitriles is 1. The molecule has 0 N–H and O–H groups in total. The van der Waals surface area contributed by atoms with Crippen LogP contribution in [0, 0.1) is 11.3 Å². The van der Waals surface area contributed by atoms with Crippen LogP contribution >= 0.6 is 0 Å². The van der Waals surface area contributed by atoms with Crippen LogP contribution in [0.25, 0.3) is 10.9 Å². The molecule has 0 aliphatic carbocycles. The standard InChI is InChI=1S/C19H17N5/c20-13-19(15-4-2-1-3-5-15)7-10-24(11-8-19)18-16-6-9-21-12-17(16)22-14-23-18/h1-6,9,12,14H,7-8,10-11H2. The summed E-state index contributed by atoms with van der Waals surface area (Å²) in [6.07, 6.45) is 6.70. The first kappa shape index (κ1) is 14.6. The fraction of sp³-hybridized carbons (Fsp3) is 0.263. The van der Waals surface area contributed by atoms with Crippen LogP contribution in [0.15, 0.2) is 55.1 Å². The van der Waals surface area contributed by atoms with Crippen molar-refractivity contribution < 1.29 is 0 Å². The summed E-state index contributed by atoms with van der Waals surface area (Å²) in [4.78, 5) is 15.1. The Balaban J connectivity index is 1.63. The number of fused-ring (bicyclic) bond motifs is 1. The minimum atomic E-state index is -0.401. The number of rotatable bonds is 2. The van der Waals surface area contributed by atoms with Crippen molar-refractivity contribution in [3.63, 3.8) is 0 Å². The van der Waals surface area contributed by atoms with Crippen molar-refractivity contribution >= 4 is 16.7 Å². The molecule has 1 aliphatic heterocycles. The summed E-state index contributed by atoms with van der Waals surface area (Å²) < 4.78 is 0. The number of hydrogen-bond acceptors (Lipinski definition) is 5. The van der Waals surface area contributed by atoms with Crippen LogP contribution in [0.4, 0.5) is 5.82 Å². The SMILES string of the molecule is N#CC1(c2ccccc2)CCN(c2ncnc3cnccc23)CC1.